The Morgan fingerprint density at radius 3 is 2.65 bits per heavy atom. The Morgan fingerprint density at radius 1 is 1.42 bits per heavy atom. The highest BCUT2D eigenvalue weighted by Crippen LogP contribution is 2.18. The number of nitrogens with two attached hydrogens (primary N) is 1. The van der Waals surface area contributed by atoms with Gasteiger partial charge < -0.3 is 20.7 Å². The van der Waals surface area contributed by atoms with Crippen LogP contribution in [0.4, 0.5) is 11.8 Å². The van der Waals surface area contributed by atoms with Gasteiger partial charge >= 0.3 is 0 Å². The maximum absolute atomic E-state index is 12.2. The van der Waals surface area contributed by atoms with Crippen LogP contribution in [-0.2, 0) is 9.53 Å². The van der Waals surface area contributed by atoms with Gasteiger partial charge in [-0.2, -0.15) is 4.98 Å². The topological polar surface area (TPSA) is 106 Å². The number of anilines is 2. The second-order valence-corrected chi connectivity index (χ2v) is 5.26. The summed E-state index contributed by atoms with van der Waals surface area (Å²) in [7, 11) is 0. The van der Waals surface area contributed by atoms with Crippen LogP contribution < -0.4 is 16.0 Å². The van der Waals surface area contributed by atoms with Crippen molar-refractivity contribution in [2.45, 2.75) is 26.8 Å². The van der Waals surface area contributed by atoms with Gasteiger partial charge in [-0.05, 0) is 19.7 Å². The monoisotopic (exact) mass is 360 g/mol. The van der Waals surface area contributed by atoms with Crippen LogP contribution in [0, 0.1) is 0 Å². The lowest BCUT2D eigenvalue weighted by Gasteiger charge is -2.27. The van der Waals surface area contributed by atoms with Crippen LogP contribution in [0.5, 0.6) is 0 Å². The molecule has 1 fully saturated rings. The van der Waals surface area contributed by atoms with Gasteiger partial charge in [0, 0.05) is 19.2 Å². The summed E-state index contributed by atoms with van der Waals surface area (Å²) in [5.41, 5.74) is 6.71. The lowest BCUT2D eigenvalue weighted by molar-refractivity contribution is -0.118. The number of hydrogen-bond donors (Lipinski definition) is 2. The van der Waals surface area contributed by atoms with Crippen LogP contribution in [0.2, 0.25) is 0 Å². The predicted molar refractivity (Wildman–Crippen MR) is 105 cm³/mol. The third-order valence-corrected chi connectivity index (χ3v) is 3.52. The molecule has 0 radical (unpaired) electrons. The van der Waals surface area contributed by atoms with E-state index in [1.807, 2.05) is 25.7 Å². The minimum Gasteiger partial charge on any atom is -0.384 e. The summed E-state index contributed by atoms with van der Waals surface area (Å²) in [6, 6.07) is 1.28. The van der Waals surface area contributed by atoms with Crippen molar-refractivity contribution >= 4 is 24.4 Å². The van der Waals surface area contributed by atoms with Gasteiger partial charge in [0.25, 0.3) is 5.91 Å². The number of allylic oxidation sites excluding steroid dienone is 2. The van der Waals surface area contributed by atoms with Crippen LogP contribution >= 0.6 is 0 Å². The number of hydrogen-bond acceptors (Lipinski definition) is 7. The third kappa shape index (κ3) is 5.96. The summed E-state index contributed by atoms with van der Waals surface area (Å²) < 4.78 is 5.33. The molecule has 1 unspecified atom stereocenters. The maximum Gasteiger partial charge on any atom is 0.270 e. The third-order valence-electron chi connectivity index (χ3n) is 3.52. The molecule has 1 aromatic heterocycles. The lowest BCUT2D eigenvalue weighted by atomic mass is 10.2. The van der Waals surface area contributed by atoms with E-state index in [0.717, 1.165) is 0 Å². The van der Waals surface area contributed by atoms with Crippen molar-refractivity contribution in [3.8, 4) is 0 Å². The van der Waals surface area contributed by atoms with E-state index >= 15 is 0 Å². The SMILES string of the molecule is C=C/C=C(\N=C)C(=O)NC(C)c1cc(N)nc(N2CCOCC2)n1.CC. The largest absolute Gasteiger partial charge is 0.384 e. The summed E-state index contributed by atoms with van der Waals surface area (Å²) in [5.74, 6) is 0.534. The second-order valence-electron chi connectivity index (χ2n) is 5.26. The number of nitrogens with one attached hydrogen (secondary N) is 1. The van der Waals surface area contributed by atoms with Crippen LogP contribution in [0.25, 0.3) is 0 Å². The Morgan fingerprint density at radius 2 is 2.08 bits per heavy atom. The Hall–Kier alpha value is -2.74. The Bertz CT molecular complexity index is 653. The van der Waals surface area contributed by atoms with E-state index in [0.29, 0.717) is 43.8 Å². The summed E-state index contributed by atoms with van der Waals surface area (Å²) in [5, 5.41) is 2.81. The Labute approximate surface area is 154 Å². The zero-order valence-corrected chi connectivity index (χ0v) is 15.7. The molecular formula is C18H28N6O2. The molecule has 0 spiro atoms. The number of carbonyl (C=O) groups is 1. The van der Waals surface area contributed by atoms with Gasteiger partial charge in [0.2, 0.25) is 5.95 Å². The number of rotatable bonds is 6. The van der Waals surface area contributed by atoms with Crippen molar-refractivity contribution in [3.63, 3.8) is 0 Å². The average molecular weight is 360 g/mol. The number of amides is 1. The molecule has 1 atom stereocenters. The van der Waals surface area contributed by atoms with Gasteiger partial charge in [0.1, 0.15) is 11.5 Å². The van der Waals surface area contributed by atoms with E-state index in [1.165, 1.54) is 12.2 Å². The fraction of sp³-hybridized carbons (Fsp3) is 0.444. The molecule has 3 N–H and O–H groups in total. The number of aliphatic imine (C=N–C) groups is 1. The summed E-state index contributed by atoms with van der Waals surface area (Å²) in [6.07, 6.45) is 2.97. The highest BCUT2D eigenvalue weighted by Gasteiger charge is 2.19. The molecule has 0 bridgehead atoms. The standard InChI is InChI=1S/C16H22N6O2.C2H6/c1-4-5-12(18-3)15(23)19-11(2)13-10-14(17)21-16(20-13)22-6-8-24-9-7-22;1-2/h4-5,10-11H,1,3,6-9H2,2H3,(H,19,23)(H2,17,20,21);1-2H3/b12-5-;. The minimum absolute atomic E-state index is 0.187. The summed E-state index contributed by atoms with van der Waals surface area (Å²) in [6.45, 7) is 15.4. The maximum atomic E-state index is 12.2. The number of nitrogens with zero attached hydrogens (tertiary/aromatic N) is 4. The number of carbonyl (C=O) groups excluding carboxylic acids is 1. The van der Waals surface area contributed by atoms with Crippen LogP contribution in [0.1, 0.15) is 32.5 Å². The van der Waals surface area contributed by atoms with Crippen molar-refractivity contribution in [2.24, 2.45) is 4.99 Å². The molecule has 8 heteroatoms. The van der Waals surface area contributed by atoms with Crippen molar-refractivity contribution in [1.82, 2.24) is 15.3 Å². The molecule has 2 rings (SSSR count). The molecule has 0 aliphatic carbocycles. The molecular weight excluding hydrogens is 332 g/mol. The molecule has 0 saturated carbocycles. The molecule has 1 aromatic rings. The number of morpholine rings is 1. The predicted octanol–water partition coefficient (Wildman–Crippen LogP) is 1.87. The van der Waals surface area contributed by atoms with Gasteiger partial charge in [-0.25, -0.2) is 4.98 Å². The summed E-state index contributed by atoms with van der Waals surface area (Å²) in [4.78, 5) is 26.6. The van der Waals surface area contributed by atoms with E-state index in [-0.39, 0.29) is 17.6 Å². The summed E-state index contributed by atoms with van der Waals surface area (Å²) >= 11 is 0. The highest BCUT2D eigenvalue weighted by atomic mass is 16.5. The van der Waals surface area contributed by atoms with Crippen LogP contribution in [0.15, 0.2) is 35.5 Å². The molecule has 1 aliphatic rings. The van der Waals surface area contributed by atoms with E-state index < -0.39 is 0 Å². The molecule has 1 aliphatic heterocycles. The molecule has 8 nitrogen and oxygen atoms in total. The fourth-order valence-corrected chi connectivity index (χ4v) is 2.25. The molecule has 1 saturated heterocycles. The Balaban J connectivity index is 0.00000163. The first kappa shape index (κ1) is 21.3. The first-order chi connectivity index (χ1) is 12.5. The van der Waals surface area contributed by atoms with E-state index in [2.05, 4.69) is 33.6 Å². The van der Waals surface area contributed by atoms with Crippen LogP contribution in [-0.4, -0.2) is 48.9 Å². The van der Waals surface area contributed by atoms with E-state index in [1.54, 1.807) is 6.07 Å². The Kier molecular flexibility index (Phi) is 9.00. The van der Waals surface area contributed by atoms with Crippen molar-refractivity contribution in [1.29, 1.82) is 0 Å². The highest BCUT2D eigenvalue weighted by molar-refractivity contribution is 5.94. The normalized spacial score (nSPS) is 15.3. The zero-order chi connectivity index (χ0) is 19.5. The van der Waals surface area contributed by atoms with Gasteiger partial charge in [0.05, 0.1) is 24.9 Å². The van der Waals surface area contributed by atoms with Gasteiger partial charge in [0.15, 0.2) is 0 Å². The van der Waals surface area contributed by atoms with Crippen molar-refractivity contribution < 1.29 is 9.53 Å². The average Bonchev–Trinajstić information content (AvgIpc) is 2.67. The first-order valence-electron chi connectivity index (χ1n) is 8.62. The van der Waals surface area contributed by atoms with E-state index in [4.69, 9.17) is 10.5 Å². The van der Waals surface area contributed by atoms with E-state index in [9.17, 15) is 4.79 Å². The first-order valence-corrected chi connectivity index (χ1v) is 8.62. The minimum atomic E-state index is -0.363. The molecule has 26 heavy (non-hydrogen) atoms. The smallest absolute Gasteiger partial charge is 0.270 e. The molecule has 1 amide bonds. The van der Waals surface area contributed by atoms with Crippen molar-refractivity contribution in [2.75, 3.05) is 36.9 Å². The number of aromatic nitrogens is 2. The fourth-order valence-electron chi connectivity index (χ4n) is 2.25. The lowest BCUT2D eigenvalue weighted by Crippen LogP contribution is -2.38. The van der Waals surface area contributed by atoms with Gasteiger partial charge in [-0.15, -0.1) is 0 Å². The van der Waals surface area contributed by atoms with Crippen LogP contribution in [0.3, 0.4) is 0 Å². The van der Waals surface area contributed by atoms with Gasteiger partial charge in [-0.1, -0.05) is 26.5 Å². The molecule has 2 heterocycles. The molecule has 0 aromatic carbocycles. The zero-order valence-electron chi connectivity index (χ0n) is 15.7. The quantitative estimate of drug-likeness (QED) is 0.456. The second kappa shape index (κ2) is 11.0. The van der Waals surface area contributed by atoms with Crippen molar-refractivity contribution in [3.05, 3.63) is 36.2 Å². The number of ether oxygens (including phenoxy) is 1. The van der Waals surface area contributed by atoms with Gasteiger partial charge in [-0.3, -0.25) is 9.79 Å². The number of nitrogen functional groups attached to an aromatic ring is 1. The molecule has 142 valence electrons.